The molecule has 0 aliphatic carbocycles. The third kappa shape index (κ3) is 4.29. The number of aromatic nitrogens is 4. The lowest BCUT2D eigenvalue weighted by atomic mass is 10.1. The normalized spacial score (nSPS) is 16.1. The van der Waals surface area contributed by atoms with Crippen LogP contribution < -0.4 is 5.32 Å². The third-order valence-corrected chi connectivity index (χ3v) is 6.08. The summed E-state index contributed by atoms with van der Waals surface area (Å²) in [4.78, 5) is 14.2. The molecule has 0 bridgehead atoms. The highest BCUT2D eigenvalue weighted by Crippen LogP contribution is 2.34. The van der Waals surface area contributed by atoms with E-state index >= 15 is 0 Å². The molecule has 35 heavy (non-hydrogen) atoms. The predicted octanol–water partition coefficient (Wildman–Crippen LogP) is 4.51. The van der Waals surface area contributed by atoms with Crippen LogP contribution in [-0.4, -0.2) is 49.9 Å². The van der Waals surface area contributed by atoms with E-state index in [0.29, 0.717) is 24.0 Å². The second kappa shape index (κ2) is 8.64. The van der Waals surface area contributed by atoms with Gasteiger partial charge >= 0.3 is 6.18 Å². The van der Waals surface area contributed by atoms with E-state index in [2.05, 4.69) is 20.6 Å². The monoisotopic (exact) mass is 484 g/mol. The highest BCUT2D eigenvalue weighted by molar-refractivity contribution is 5.99. The number of nitrogens with one attached hydrogen (secondary N) is 1. The molecule has 2 aromatic carbocycles. The van der Waals surface area contributed by atoms with E-state index in [9.17, 15) is 22.4 Å². The van der Waals surface area contributed by atoms with Gasteiger partial charge in [0, 0.05) is 43.1 Å². The summed E-state index contributed by atoms with van der Waals surface area (Å²) in [6.45, 7) is 0.427. The van der Waals surface area contributed by atoms with Gasteiger partial charge in [0.05, 0.1) is 16.8 Å². The van der Waals surface area contributed by atoms with Crippen molar-refractivity contribution in [3.63, 3.8) is 0 Å². The lowest BCUT2D eigenvalue weighted by Gasteiger charge is -2.20. The smallest absolute Gasteiger partial charge is 0.363 e. The van der Waals surface area contributed by atoms with Crippen molar-refractivity contribution in [2.45, 2.75) is 18.6 Å². The fraction of sp³-hybridized carbons (Fsp3) is 0.250. The Balaban J connectivity index is 1.38. The minimum absolute atomic E-state index is 0.174. The van der Waals surface area contributed by atoms with E-state index in [1.54, 1.807) is 10.9 Å². The molecule has 1 aliphatic rings. The van der Waals surface area contributed by atoms with Crippen molar-refractivity contribution in [3.05, 3.63) is 71.7 Å². The zero-order valence-corrected chi connectivity index (χ0v) is 18.6. The molecule has 1 amide bonds. The molecule has 0 saturated carbocycles. The van der Waals surface area contributed by atoms with Crippen LogP contribution in [-0.2, 0) is 13.2 Å². The van der Waals surface area contributed by atoms with Crippen LogP contribution in [0.25, 0.3) is 22.2 Å². The van der Waals surface area contributed by atoms with Crippen molar-refractivity contribution in [1.82, 2.24) is 24.9 Å². The molecule has 1 saturated heterocycles. The van der Waals surface area contributed by atoms with E-state index in [4.69, 9.17) is 0 Å². The van der Waals surface area contributed by atoms with Gasteiger partial charge in [0.15, 0.2) is 5.82 Å². The molecular formula is C24H20F4N6O. The number of alkyl halides is 3. The van der Waals surface area contributed by atoms with Gasteiger partial charge in [-0.25, -0.2) is 4.39 Å². The van der Waals surface area contributed by atoms with Crippen LogP contribution in [0.3, 0.4) is 0 Å². The van der Waals surface area contributed by atoms with Crippen molar-refractivity contribution in [1.29, 1.82) is 0 Å². The van der Waals surface area contributed by atoms with E-state index in [-0.39, 0.29) is 19.1 Å². The molecule has 1 fully saturated rings. The molecule has 1 atom stereocenters. The number of carbonyl (C=O) groups is 1. The first-order chi connectivity index (χ1) is 16.7. The quantitative estimate of drug-likeness (QED) is 0.432. The minimum Gasteiger partial charge on any atom is -0.363 e. The van der Waals surface area contributed by atoms with Gasteiger partial charge in [0.1, 0.15) is 11.5 Å². The van der Waals surface area contributed by atoms with Crippen LogP contribution in [0.4, 0.5) is 23.4 Å². The molecule has 1 unspecified atom stereocenters. The molecule has 4 aromatic rings. The number of amides is 1. The number of halogens is 4. The van der Waals surface area contributed by atoms with E-state index in [1.165, 1.54) is 4.90 Å². The average molecular weight is 484 g/mol. The number of hydrogen-bond donors (Lipinski definition) is 1. The standard InChI is InChI=1S/C24H20F4N6O/c1-33-20(8-10-29-33)21-16-4-2-3-5-17(16)22(32-31-21)30-15-9-11-34(13-15)23(35)18-7-6-14(25)12-19(18)24(26,27)28/h2-8,10,12,15H,9,11,13H2,1H3,(H,30,32). The minimum atomic E-state index is -4.84. The third-order valence-electron chi connectivity index (χ3n) is 6.08. The van der Waals surface area contributed by atoms with E-state index in [1.807, 2.05) is 37.4 Å². The van der Waals surface area contributed by atoms with E-state index < -0.39 is 29.0 Å². The molecule has 180 valence electrons. The van der Waals surface area contributed by atoms with Crippen LogP contribution in [0.1, 0.15) is 22.3 Å². The fourth-order valence-electron chi connectivity index (χ4n) is 4.37. The maximum atomic E-state index is 13.4. The molecule has 1 aliphatic heterocycles. The Hall–Kier alpha value is -4.02. The molecular weight excluding hydrogens is 464 g/mol. The summed E-state index contributed by atoms with van der Waals surface area (Å²) in [6, 6.07) is 11.3. The number of nitrogens with zero attached hydrogens (tertiary/aromatic N) is 5. The fourth-order valence-corrected chi connectivity index (χ4v) is 4.37. The second-order valence-corrected chi connectivity index (χ2v) is 8.35. The van der Waals surface area contributed by atoms with Crippen molar-refractivity contribution in [3.8, 4) is 11.4 Å². The number of rotatable bonds is 4. The topological polar surface area (TPSA) is 75.9 Å². The summed E-state index contributed by atoms with van der Waals surface area (Å²) in [5.74, 6) is -1.32. The van der Waals surface area contributed by atoms with Gasteiger partial charge in [-0.05, 0) is 30.7 Å². The number of hydrogen-bond acceptors (Lipinski definition) is 5. The lowest BCUT2D eigenvalue weighted by Crippen LogP contribution is -2.33. The summed E-state index contributed by atoms with van der Waals surface area (Å²) in [5, 5.41) is 17.9. The number of carbonyl (C=O) groups excluding carboxylic acids is 1. The Morgan fingerprint density at radius 3 is 2.57 bits per heavy atom. The number of benzene rings is 2. The molecule has 0 spiro atoms. The van der Waals surface area contributed by atoms with Gasteiger partial charge in [-0.1, -0.05) is 24.3 Å². The van der Waals surface area contributed by atoms with Gasteiger partial charge in [0.2, 0.25) is 0 Å². The van der Waals surface area contributed by atoms with Crippen molar-refractivity contribution in [2.75, 3.05) is 18.4 Å². The van der Waals surface area contributed by atoms with Gasteiger partial charge in [-0.3, -0.25) is 9.48 Å². The number of aryl methyl sites for hydroxylation is 1. The zero-order chi connectivity index (χ0) is 24.7. The van der Waals surface area contributed by atoms with Crippen LogP contribution in [0.5, 0.6) is 0 Å². The molecule has 2 aromatic heterocycles. The van der Waals surface area contributed by atoms with Crippen LogP contribution in [0, 0.1) is 5.82 Å². The maximum Gasteiger partial charge on any atom is 0.417 e. The highest BCUT2D eigenvalue weighted by Gasteiger charge is 2.38. The first kappa shape index (κ1) is 22.8. The van der Waals surface area contributed by atoms with Gasteiger partial charge in [-0.15, -0.1) is 10.2 Å². The van der Waals surface area contributed by atoms with E-state index in [0.717, 1.165) is 28.6 Å². The summed E-state index contributed by atoms with van der Waals surface area (Å²) in [7, 11) is 1.81. The summed E-state index contributed by atoms with van der Waals surface area (Å²) in [6.07, 6.45) is -2.66. The Labute approximate surface area is 197 Å². The van der Waals surface area contributed by atoms with Gasteiger partial charge in [0.25, 0.3) is 5.91 Å². The summed E-state index contributed by atoms with van der Waals surface area (Å²) in [5.41, 5.74) is -0.366. The SMILES string of the molecule is Cn1nccc1-c1nnc(NC2CCN(C(=O)c3ccc(F)cc3C(F)(F)F)C2)c2ccccc12. The molecule has 3 heterocycles. The van der Waals surface area contributed by atoms with Gasteiger partial charge in [-0.2, -0.15) is 18.3 Å². The first-order valence-electron chi connectivity index (χ1n) is 10.9. The molecule has 7 nitrogen and oxygen atoms in total. The Morgan fingerprint density at radius 1 is 1.09 bits per heavy atom. The van der Waals surface area contributed by atoms with Crippen LogP contribution in [0.2, 0.25) is 0 Å². The summed E-state index contributed by atoms with van der Waals surface area (Å²) >= 11 is 0. The highest BCUT2D eigenvalue weighted by atomic mass is 19.4. The predicted molar refractivity (Wildman–Crippen MR) is 121 cm³/mol. The lowest BCUT2D eigenvalue weighted by molar-refractivity contribution is -0.138. The van der Waals surface area contributed by atoms with Crippen molar-refractivity contribution < 1.29 is 22.4 Å². The van der Waals surface area contributed by atoms with Gasteiger partial charge < -0.3 is 10.2 Å². The van der Waals surface area contributed by atoms with Crippen molar-refractivity contribution >= 4 is 22.5 Å². The number of likely N-dealkylation sites (tertiary alicyclic amines) is 1. The van der Waals surface area contributed by atoms with Crippen LogP contribution >= 0.6 is 0 Å². The Morgan fingerprint density at radius 2 is 1.86 bits per heavy atom. The molecule has 11 heteroatoms. The number of anilines is 1. The molecule has 1 N–H and O–H groups in total. The largest absolute Gasteiger partial charge is 0.417 e. The maximum absolute atomic E-state index is 13.4. The average Bonchev–Trinajstić information content (AvgIpc) is 3.47. The number of fused-ring (bicyclic) bond motifs is 1. The van der Waals surface area contributed by atoms with Crippen molar-refractivity contribution in [2.24, 2.45) is 7.05 Å². The molecule has 5 rings (SSSR count). The zero-order valence-electron chi connectivity index (χ0n) is 18.6. The Kier molecular flexibility index (Phi) is 5.62. The Bertz CT molecular complexity index is 1420. The van der Waals surface area contributed by atoms with Crippen LogP contribution in [0.15, 0.2) is 54.7 Å². The summed E-state index contributed by atoms with van der Waals surface area (Å²) < 4.78 is 55.3. The second-order valence-electron chi connectivity index (χ2n) is 8.35. The molecule has 0 radical (unpaired) electrons. The first-order valence-corrected chi connectivity index (χ1v) is 10.9.